The summed E-state index contributed by atoms with van der Waals surface area (Å²) in [5.41, 5.74) is 2.67. The number of aromatic amines is 1. The van der Waals surface area contributed by atoms with Crippen molar-refractivity contribution in [2.75, 3.05) is 31.1 Å². The van der Waals surface area contributed by atoms with Crippen LogP contribution in [0, 0.1) is 13.8 Å². The zero-order valence-corrected chi connectivity index (χ0v) is 14.5. The monoisotopic (exact) mass is 327 g/mol. The molecule has 0 spiro atoms. The summed E-state index contributed by atoms with van der Waals surface area (Å²) in [7, 11) is 0. The van der Waals surface area contributed by atoms with Crippen molar-refractivity contribution < 1.29 is 0 Å². The molecular weight excluding hydrogens is 302 g/mol. The van der Waals surface area contributed by atoms with Gasteiger partial charge in [-0.15, -0.1) is 0 Å². The zero-order chi connectivity index (χ0) is 16.5. The number of hydrogen-bond donors (Lipinski definition) is 1. The standard InChI is InChI=1S/C17H25N7/c1-12-18-15-6-4-3-5-14(15)17(20-12)24-9-7-23(8-10-24)11-16-19-13(2)21-22-16/h3-11H2,1-2H3,(H,19,21,22). The van der Waals surface area contributed by atoms with Crippen LogP contribution in [-0.2, 0) is 19.4 Å². The molecule has 0 unspecified atom stereocenters. The van der Waals surface area contributed by atoms with Crippen molar-refractivity contribution in [2.24, 2.45) is 0 Å². The average molecular weight is 327 g/mol. The van der Waals surface area contributed by atoms with E-state index in [9.17, 15) is 0 Å². The van der Waals surface area contributed by atoms with Crippen LogP contribution in [0.4, 0.5) is 5.82 Å². The fourth-order valence-electron chi connectivity index (χ4n) is 3.73. The van der Waals surface area contributed by atoms with Crippen molar-refractivity contribution >= 4 is 5.82 Å². The van der Waals surface area contributed by atoms with Crippen molar-refractivity contribution in [3.05, 3.63) is 28.7 Å². The maximum absolute atomic E-state index is 4.79. The summed E-state index contributed by atoms with van der Waals surface area (Å²) in [5.74, 6) is 3.86. The van der Waals surface area contributed by atoms with Crippen molar-refractivity contribution in [3.63, 3.8) is 0 Å². The van der Waals surface area contributed by atoms with Gasteiger partial charge in [0.15, 0.2) is 5.82 Å². The highest BCUT2D eigenvalue weighted by atomic mass is 15.3. The van der Waals surface area contributed by atoms with Crippen LogP contribution in [0.3, 0.4) is 0 Å². The summed E-state index contributed by atoms with van der Waals surface area (Å²) in [5, 5.41) is 7.16. The topological polar surface area (TPSA) is 73.8 Å². The molecule has 3 heterocycles. The number of aromatic nitrogens is 5. The SMILES string of the molecule is Cc1nc2c(c(N3CCN(Cc4n[nH]c(C)n4)CC3)n1)CCCC2. The molecule has 7 heteroatoms. The number of aryl methyl sites for hydroxylation is 3. The van der Waals surface area contributed by atoms with Crippen LogP contribution in [-0.4, -0.2) is 56.2 Å². The third-order valence-corrected chi connectivity index (χ3v) is 4.95. The van der Waals surface area contributed by atoms with Gasteiger partial charge in [-0.2, -0.15) is 5.10 Å². The van der Waals surface area contributed by atoms with E-state index in [0.29, 0.717) is 0 Å². The Balaban J connectivity index is 1.45. The second kappa shape index (κ2) is 6.47. The number of rotatable bonds is 3. The Hall–Kier alpha value is -2.02. The predicted octanol–water partition coefficient (Wildman–Crippen LogP) is 1.41. The molecule has 0 radical (unpaired) electrons. The van der Waals surface area contributed by atoms with E-state index in [0.717, 1.165) is 63.0 Å². The molecule has 0 saturated carbocycles. The molecule has 1 aliphatic carbocycles. The van der Waals surface area contributed by atoms with Gasteiger partial charge < -0.3 is 4.90 Å². The van der Waals surface area contributed by atoms with Crippen LogP contribution in [0.15, 0.2) is 0 Å². The van der Waals surface area contributed by atoms with Crippen LogP contribution in [0.1, 0.15) is 41.6 Å². The summed E-state index contributed by atoms with van der Waals surface area (Å²) in [6, 6.07) is 0. The molecule has 2 aromatic rings. The van der Waals surface area contributed by atoms with Gasteiger partial charge in [-0.25, -0.2) is 15.0 Å². The maximum atomic E-state index is 4.79. The van der Waals surface area contributed by atoms with Gasteiger partial charge in [0.1, 0.15) is 17.5 Å². The summed E-state index contributed by atoms with van der Waals surface area (Å²) in [4.78, 5) is 18.7. The van der Waals surface area contributed by atoms with Crippen LogP contribution >= 0.6 is 0 Å². The molecule has 1 fully saturated rings. The highest BCUT2D eigenvalue weighted by Crippen LogP contribution is 2.28. The van der Waals surface area contributed by atoms with Gasteiger partial charge in [0.2, 0.25) is 0 Å². The molecule has 4 rings (SSSR count). The summed E-state index contributed by atoms with van der Waals surface area (Å²) in [6.45, 7) is 8.82. The first-order valence-corrected chi connectivity index (χ1v) is 8.90. The molecule has 0 bridgehead atoms. The fourth-order valence-corrected chi connectivity index (χ4v) is 3.73. The van der Waals surface area contributed by atoms with E-state index < -0.39 is 0 Å². The molecule has 0 aromatic carbocycles. The normalized spacial score (nSPS) is 18.7. The van der Waals surface area contributed by atoms with Gasteiger partial charge >= 0.3 is 0 Å². The number of nitrogens with one attached hydrogen (secondary N) is 1. The lowest BCUT2D eigenvalue weighted by molar-refractivity contribution is 0.243. The second-order valence-corrected chi connectivity index (χ2v) is 6.83. The molecule has 1 aliphatic heterocycles. The van der Waals surface area contributed by atoms with Gasteiger partial charge in [-0.3, -0.25) is 10.00 Å². The highest BCUT2D eigenvalue weighted by molar-refractivity contribution is 5.50. The van der Waals surface area contributed by atoms with Crippen molar-refractivity contribution in [1.29, 1.82) is 0 Å². The van der Waals surface area contributed by atoms with E-state index in [-0.39, 0.29) is 0 Å². The zero-order valence-electron chi connectivity index (χ0n) is 14.5. The van der Waals surface area contributed by atoms with Crippen molar-refractivity contribution in [3.8, 4) is 0 Å². The molecule has 0 amide bonds. The van der Waals surface area contributed by atoms with Crippen LogP contribution in [0.2, 0.25) is 0 Å². The lowest BCUT2D eigenvalue weighted by atomic mass is 9.96. The average Bonchev–Trinajstić information content (AvgIpc) is 3.00. The Labute approximate surface area is 142 Å². The minimum absolute atomic E-state index is 0.819. The molecular formula is C17H25N7. The van der Waals surface area contributed by atoms with Gasteiger partial charge in [0.05, 0.1) is 6.54 Å². The predicted molar refractivity (Wildman–Crippen MR) is 92.0 cm³/mol. The number of anilines is 1. The Morgan fingerprint density at radius 2 is 1.75 bits per heavy atom. The number of piperazine rings is 1. The van der Waals surface area contributed by atoms with Gasteiger partial charge in [0.25, 0.3) is 0 Å². The van der Waals surface area contributed by atoms with E-state index in [1.807, 2.05) is 13.8 Å². The first-order chi connectivity index (χ1) is 11.7. The molecule has 128 valence electrons. The first-order valence-electron chi connectivity index (χ1n) is 8.90. The summed E-state index contributed by atoms with van der Waals surface area (Å²) >= 11 is 0. The Kier molecular flexibility index (Phi) is 4.18. The molecule has 24 heavy (non-hydrogen) atoms. The first kappa shape index (κ1) is 15.5. The van der Waals surface area contributed by atoms with Gasteiger partial charge in [-0.1, -0.05) is 0 Å². The fraction of sp³-hybridized carbons (Fsp3) is 0.647. The van der Waals surface area contributed by atoms with E-state index in [2.05, 4.69) is 30.0 Å². The smallest absolute Gasteiger partial charge is 0.164 e. The van der Waals surface area contributed by atoms with Crippen molar-refractivity contribution in [1.82, 2.24) is 30.0 Å². The van der Waals surface area contributed by atoms with Crippen LogP contribution < -0.4 is 4.90 Å². The lowest BCUT2D eigenvalue weighted by Crippen LogP contribution is -2.47. The molecule has 7 nitrogen and oxygen atoms in total. The van der Waals surface area contributed by atoms with Gasteiger partial charge in [0, 0.05) is 37.4 Å². The second-order valence-electron chi connectivity index (χ2n) is 6.83. The molecule has 1 N–H and O–H groups in total. The van der Waals surface area contributed by atoms with E-state index in [1.54, 1.807) is 0 Å². The number of hydrogen-bond acceptors (Lipinski definition) is 6. The molecule has 2 aromatic heterocycles. The Morgan fingerprint density at radius 1 is 0.958 bits per heavy atom. The third kappa shape index (κ3) is 3.13. The minimum Gasteiger partial charge on any atom is -0.354 e. The summed E-state index contributed by atoms with van der Waals surface area (Å²) < 4.78 is 0. The summed E-state index contributed by atoms with van der Waals surface area (Å²) in [6.07, 6.45) is 4.75. The van der Waals surface area contributed by atoms with E-state index in [4.69, 9.17) is 4.98 Å². The van der Waals surface area contributed by atoms with E-state index >= 15 is 0 Å². The minimum atomic E-state index is 0.819. The quantitative estimate of drug-likeness (QED) is 0.919. The highest BCUT2D eigenvalue weighted by Gasteiger charge is 2.24. The number of fused-ring (bicyclic) bond motifs is 1. The Morgan fingerprint density at radius 3 is 2.50 bits per heavy atom. The van der Waals surface area contributed by atoms with Crippen molar-refractivity contribution in [2.45, 2.75) is 46.1 Å². The third-order valence-electron chi connectivity index (χ3n) is 4.95. The lowest BCUT2D eigenvalue weighted by Gasteiger charge is -2.36. The number of H-pyrrole nitrogens is 1. The Bertz CT molecular complexity index is 716. The van der Waals surface area contributed by atoms with Crippen LogP contribution in [0.5, 0.6) is 0 Å². The molecule has 1 saturated heterocycles. The largest absolute Gasteiger partial charge is 0.354 e. The van der Waals surface area contributed by atoms with E-state index in [1.165, 1.54) is 29.9 Å². The molecule has 2 aliphatic rings. The van der Waals surface area contributed by atoms with Crippen LogP contribution in [0.25, 0.3) is 0 Å². The van der Waals surface area contributed by atoms with Gasteiger partial charge in [-0.05, 0) is 39.5 Å². The maximum Gasteiger partial charge on any atom is 0.164 e. The molecule has 0 atom stereocenters. The number of nitrogens with zero attached hydrogens (tertiary/aromatic N) is 6.